The molecule has 0 aliphatic carbocycles. The van der Waals surface area contributed by atoms with Gasteiger partial charge in [0, 0.05) is 0 Å². The van der Waals surface area contributed by atoms with Crippen LogP contribution in [0.2, 0.25) is 0 Å². The van der Waals surface area contributed by atoms with Crippen LogP contribution in [-0.2, 0) is 8.37 Å². The largest absolute Gasteiger partial charge is 0.319 e. The maximum Gasteiger partial charge on any atom is 0.0610 e. The highest BCUT2D eigenvalue weighted by molar-refractivity contribution is 7.75. The van der Waals surface area contributed by atoms with Gasteiger partial charge in [0.2, 0.25) is 0 Å². The van der Waals surface area contributed by atoms with Gasteiger partial charge < -0.3 is 8.37 Å². The molecule has 0 aromatic heterocycles. The average Bonchev–Trinajstić information content (AvgIpc) is 2.31. The third-order valence-electron chi connectivity index (χ3n) is 2.72. The van der Waals surface area contributed by atoms with Crippen molar-refractivity contribution in [3.8, 4) is 0 Å². The zero-order valence-electron chi connectivity index (χ0n) is 10.2. The Kier molecular flexibility index (Phi) is 16.2. The van der Waals surface area contributed by atoms with E-state index < -0.39 is 0 Å². The Morgan fingerprint density at radius 2 is 0.688 bits per heavy atom. The van der Waals surface area contributed by atoms with E-state index >= 15 is 0 Å². The SMILES string of the molecule is SOCCCCCCCCCCCCOS. The number of hydrogen-bond acceptors (Lipinski definition) is 4. The quantitative estimate of drug-likeness (QED) is 0.288. The van der Waals surface area contributed by atoms with Gasteiger partial charge in [0.15, 0.2) is 0 Å². The van der Waals surface area contributed by atoms with E-state index in [0.29, 0.717) is 0 Å². The van der Waals surface area contributed by atoms with Crippen molar-refractivity contribution in [1.29, 1.82) is 0 Å². The Labute approximate surface area is 112 Å². The molecule has 0 aromatic carbocycles. The summed E-state index contributed by atoms with van der Waals surface area (Å²) in [4.78, 5) is 0. The smallest absolute Gasteiger partial charge is 0.0610 e. The van der Waals surface area contributed by atoms with Crippen molar-refractivity contribution >= 4 is 25.8 Å². The Morgan fingerprint density at radius 1 is 0.438 bits per heavy atom. The van der Waals surface area contributed by atoms with Crippen LogP contribution in [0, 0.1) is 0 Å². The first-order valence-electron chi connectivity index (χ1n) is 6.44. The molecule has 0 aliphatic rings. The normalized spacial score (nSPS) is 10.9. The van der Waals surface area contributed by atoms with E-state index in [9.17, 15) is 0 Å². The van der Waals surface area contributed by atoms with E-state index in [1.165, 1.54) is 51.4 Å². The molecule has 0 rings (SSSR count). The Bertz CT molecular complexity index is 110. The van der Waals surface area contributed by atoms with Gasteiger partial charge >= 0.3 is 0 Å². The average molecular weight is 266 g/mol. The minimum atomic E-state index is 0.788. The number of rotatable bonds is 13. The van der Waals surface area contributed by atoms with Crippen LogP contribution in [0.4, 0.5) is 0 Å². The summed E-state index contributed by atoms with van der Waals surface area (Å²) in [6, 6.07) is 0. The van der Waals surface area contributed by atoms with Gasteiger partial charge in [0.05, 0.1) is 13.2 Å². The summed E-state index contributed by atoms with van der Waals surface area (Å²) in [7, 11) is 0. The van der Waals surface area contributed by atoms with Crippen molar-refractivity contribution < 1.29 is 8.37 Å². The molecule has 4 heteroatoms. The minimum Gasteiger partial charge on any atom is -0.319 e. The molecule has 2 nitrogen and oxygen atoms in total. The van der Waals surface area contributed by atoms with E-state index in [2.05, 4.69) is 25.8 Å². The molecular formula is C12H26O2S2. The van der Waals surface area contributed by atoms with E-state index in [1.54, 1.807) is 0 Å². The number of thiol groups is 2. The highest BCUT2D eigenvalue weighted by atomic mass is 32.1. The third-order valence-corrected chi connectivity index (χ3v) is 3.09. The van der Waals surface area contributed by atoms with Crippen LogP contribution in [0.5, 0.6) is 0 Å². The predicted molar refractivity (Wildman–Crippen MR) is 76.0 cm³/mol. The van der Waals surface area contributed by atoms with Gasteiger partial charge in [0.1, 0.15) is 0 Å². The van der Waals surface area contributed by atoms with Gasteiger partial charge in [-0.25, -0.2) is 0 Å². The maximum atomic E-state index is 4.71. The molecule has 0 amide bonds. The van der Waals surface area contributed by atoms with Gasteiger partial charge in [-0.05, 0) is 38.7 Å². The fourth-order valence-corrected chi connectivity index (χ4v) is 2.01. The van der Waals surface area contributed by atoms with Gasteiger partial charge in [-0.3, -0.25) is 0 Å². The van der Waals surface area contributed by atoms with Crippen LogP contribution >= 0.6 is 25.8 Å². The molecule has 0 N–H and O–H groups in total. The molecule has 0 atom stereocenters. The first-order chi connectivity index (χ1) is 7.91. The van der Waals surface area contributed by atoms with Crippen molar-refractivity contribution in [2.45, 2.75) is 64.2 Å². The second-order valence-electron chi connectivity index (χ2n) is 4.20. The van der Waals surface area contributed by atoms with Gasteiger partial charge in [0.25, 0.3) is 0 Å². The topological polar surface area (TPSA) is 18.5 Å². The summed E-state index contributed by atoms with van der Waals surface area (Å²) in [5, 5.41) is 0. The molecule has 16 heavy (non-hydrogen) atoms. The Balaban J connectivity index is 2.83. The second-order valence-corrected chi connectivity index (χ2v) is 4.72. The second kappa shape index (κ2) is 15.6. The molecule has 0 fully saturated rings. The highest BCUT2D eigenvalue weighted by Crippen LogP contribution is 2.10. The van der Waals surface area contributed by atoms with Gasteiger partial charge in [-0.2, -0.15) is 0 Å². The van der Waals surface area contributed by atoms with E-state index in [1.807, 2.05) is 0 Å². The van der Waals surface area contributed by atoms with Crippen LogP contribution in [-0.4, -0.2) is 13.2 Å². The standard InChI is InChI=1S/C12H26O2S2/c15-13-11-9-7-5-3-1-2-4-6-8-10-12-14-16/h15-16H,1-12H2. The molecule has 0 unspecified atom stereocenters. The first-order valence-corrected chi connectivity index (χ1v) is 7.17. The van der Waals surface area contributed by atoms with Crippen molar-refractivity contribution in [3.05, 3.63) is 0 Å². The van der Waals surface area contributed by atoms with Crippen LogP contribution in [0.1, 0.15) is 64.2 Å². The number of unbranched alkanes of at least 4 members (excludes halogenated alkanes) is 9. The lowest BCUT2D eigenvalue weighted by molar-refractivity contribution is 0.358. The summed E-state index contributed by atoms with van der Waals surface area (Å²) in [5.74, 6) is 0. The number of hydrogen-bond donors (Lipinski definition) is 2. The molecule has 0 spiro atoms. The molecule has 0 heterocycles. The zero-order valence-corrected chi connectivity index (χ0v) is 12.0. The van der Waals surface area contributed by atoms with Gasteiger partial charge in [-0.1, -0.05) is 51.4 Å². The molecule has 0 bridgehead atoms. The van der Waals surface area contributed by atoms with Crippen LogP contribution in [0.25, 0.3) is 0 Å². The Morgan fingerprint density at radius 3 is 0.938 bits per heavy atom. The van der Waals surface area contributed by atoms with E-state index in [4.69, 9.17) is 8.37 Å². The summed E-state index contributed by atoms with van der Waals surface area (Å²) < 4.78 is 9.42. The van der Waals surface area contributed by atoms with E-state index in [0.717, 1.165) is 26.1 Å². The predicted octanol–water partition coefficient (Wildman–Crippen LogP) is 4.61. The molecule has 0 saturated heterocycles. The van der Waals surface area contributed by atoms with Gasteiger partial charge in [-0.15, -0.1) is 0 Å². The van der Waals surface area contributed by atoms with E-state index in [-0.39, 0.29) is 0 Å². The van der Waals surface area contributed by atoms with Crippen molar-refractivity contribution in [1.82, 2.24) is 0 Å². The lowest BCUT2D eigenvalue weighted by Gasteiger charge is -2.02. The molecule has 0 radical (unpaired) electrons. The monoisotopic (exact) mass is 266 g/mol. The summed E-state index contributed by atoms with van der Waals surface area (Å²) in [5.41, 5.74) is 0. The lowest BCUT2D eigenvalue weighted by Crippen LogP contribution is -1.87. The Hall–Kier alpha value is 0.620. The molecule has 0 saturated carbocycles. The zero-order chi connectivity index (χ0) is 11.9. The van der Waals surface area contributed by atoms with Crippen LogP contribution < -0.4 is 0 Å². The lowest BCUT2D eigenvalue weighted by atomic mass is 10.1. The molecule has 0 aromatic rings. The van der Waals surface area contributed by atoms with Crippen molar-refractivity contribution in [2.24, 2.45) is 0 Å². The molecular weight excluding hydrogens is 240 g/mol. The van der Waals surface area contributed by atoms with Crippen LogP contribution in [0.3, 0.4) is 0 Å². The van der Waals surface area contributed by atoms with Crippen molar-refractivity contribution in [2.75, 3.05) is 13.2 Å². The van der Waals surface area contributed by atoms with Crippen molar-refractivity contribution in [3.63, 3.8) is 0 Å². The summed E-state index contributed by atoms with van der Waals surface area (Å²) in [6.07, 6.45) is 13.0. The molecule has 0 aliphatic heterocycles. The maximum absolute atomic E-state index is 4.71. The fourth-order valence-electron chi connectivity index (χ4n) is 1.75. The fraction of sp³-hybridized carbons (Fsp3) is 1.00. The molecule has 98 valence electrons. The first kappa shape index (κ1) is 16.6. The minimum absolute atomic E-state index is 0.788. The highest BCUT2D eigenvalue weighted by Gasteiger charge is 1.93. The van der Waals surface area contributed by atoms with Crippen LogP contribution in [0.15, 0.2) is 0 Å². The summed E-state index contributed by atoms with van der Waals surface area (Å²) >= 11 is 7.43. The summed E-state index contributed by atoms with van der Waals surface area (Å²) in [6.45, 7) is 1.58. The third kappa shape index (κ3) is 14.6.